The van der Waals surface area contributed by atoms with Crippen molar-refractivity contribution in [3.8, 4) is 0 Å². The average Bonchev–Trinajstić information content (AvgIpc) is 2.92. The Morgan fingerprint density at radius 2 is 2.21 bits per heavy atom. The summed E-state index contributed by atoms with van der Waals surface area (Å²) < 4.78 is 22.3. The Balaban J connectivity index is 1.86. The fourth-order valence-electron chi connectivity index (χ4n) is 2.00. The van der Waals surface area contributed by atoms with E-state index >= 15 is 0 Å². The van der Waals surface area contributed by atoms with E-state index in [9.17, 15) is 13.2 Å². The largest absolute Gasteiger partial charge is 0.353 e. The number of carbonyl (C=O) groups is 1. The quantitative estimate of drug-likeness (QED) is 0.828. The molecule has 1 aliphatic rings. The van der Waals surface area contributed by atoms with Gasteiger partial charge >= 0.3 is 0 Å². The molecule has 1 aromatic heterocycles. The maximum Gasteiger partial charge on any atom is 0.247 e. The highest BCUT2D eigenvalue weighted by atomic mass is 32.2. The zero-order chi connectivity index (χ0) is 14.0. The number of thiophene rings is 1. The lowest BCUT2D eigenvalue weighted by atomic mass is 10.1. The van der Waals surface area contributed by atoms with Crippen molar-refractivity contribution < 1.29 is 13.2 Å². The minimum absolute atomic E-state index is 0.0732. The summed E-state index contributed by atoms with van der Waals surface area (Å²) in [6.07, 6.45) is 3.76. The van der Waals surface area contributed by atoms with E-state index in [4.69, 9.17) is 5.14 Å². The molecule has 1 fully saturated rings. The minimum atomic E-state index is -3.66. The molecular weight excluding hydrogens is 284 g/mol. The summed E-state index contributed by atoms with van der Waals surface area (Å²) in [7, 11) is -3.66. The molecule has 0 saturated heterocycles. The van der Waals surface area contributed by atoms with Crippen molar-refractivity contribution in [2.45, 2.75) is 42.9 Å². The molecule has 1 heterocycles. The number of nitrogens with one attached hydrogen (secondary N) is 1. The lowest BCUT2D eigenvalue weighted by Gasteiger charge is -2.12. The van der Waals surface area contributed by atoms with E-state index in [2.05, 4.69) is 5.32 Å². The van der Waals surface area contributed by atoms with Gasteiger partial charge in [-0.05, 0) is 31.4 Å². The molecule has 1 atom stereocenters. The van der Waals surface area contributed by atoms with Crippen LogP contribution in [-0.4, -0.2) is 20.4 Å². The van der Waals surface area contributed by atoms with Gasteiger partial charge in [-0.1, -0.05) is 12.8 Å². The van der Waals surface area contributed by atoms with Gasteiger partial charge in [-0.3, -0.25) is 4.79 Å². The molecule has 0 radical (unpaired) electrons. The van der Waals surface area contributed by atoms with Crippen LogP contribution in [0.15, 0.2) is 16.3 Å². The Hall–Kier alpha value is -0.920. The third-order valence-corrected chi connectivity index (χ3v) is 5.57. The van der Waals surface area contributed by atoms with E-state index in [0.717, 1.165) is 23.7 Å². The number of rotatable bonds is 6. The Labute approximate surface area is 117 Å². The highest BCUT2D eigenvalue weighted by molar-refractivity contribution is 7.91. The lowest BCUT2D eigenvalue weighted by Crippen LogP contribution is -2.33. The number of primary sulfonamides is 1. The van der Waals surface area contributed by atoms with Gasteiger partial charge in [0.15, 0.2) is 0 Å². The third kappa shape index (κ3) is 4.59. The van der Waals surface area contributed by atoms with Crippen molar-refractivity contribution in [3.05, 3.63) is 17.0 Å². The van der Waals surface area contributed by atoms with E-state index in [0.29, 0.717) is 4.88 Å². The van der Waals surface area contributed by atoms with E-state index in [-0.39, 0.29) is 22.6 Å². The lowest BCUT2D eigenvalue weighted by molar-refractivity contribution is -0.121. The second-order valence-electron chi connectivity index (χ2n) is 5.09. The summed E-state index contributed by atoms with van der Waals surface area (Å²) in [5.41, 5.74) is 0. The first-order chi connectivity index (χ1) is 8.84. The van der Waals surface area contributed by atoms with Gasteiger partial charge in [0.1, 0.15) is 4.21 Å². The normalized spacial score (nSPS) is 17.2. The SMILES string of the molecule is CC(CC1CC1)NC(=O)Cc1ccc(S(N)(=O)=O)s1. The predicted octanol–water partition coefficient (Wildman–Crippen LogP) is 1.24. The molecule has 2 rings (SSSR count). The van der Waals surface area contributed by atoms with E-state index in [1.165, 1.54) is 18.9 Å². The number of carbonyl (C=O) groups excluding carboxylic acids is 1. The van der Waals surface area contributed by atoms with Crippen LogP contribution in [-0.2, 0) is 21.2 Å². The van der Waals surface area contributed by atoms with Crippen molar-refractivity contribution in [3.63, 3.8) is 0 Å². The van der Waals surface area contributed by atoms with E-state index in [1.54, 1.807) is 6.07 Å². The molecule has 7 heteroatoms. The Morgan fingerprint density at radius 3 is 2.74 bits per heavy atom. The number of hydrogen-bond acceptors (Lipinski definition) is 4. The first-order valence-corrected chi connectivity index (χ1v) is 8.62. The van der Waals surface area contributed by atoms with Crippen LogP contribution in [0.3, 0.4) is 0 Å². The van der Waals surface area contributed by atoms with Crippen LogP contribution in [0, 0.1) is 5.92 Å². The first kappa shape index (κ1) is 14.5. The monoisotopic (exact) mass is 302 g/mol. The summed E-state index contributed by atoms with van der Waals surface area (Å²) >= 11 is 1.05. The molecule has 1 aliphatic carbocycles. The fraction of sp³-hybridized carbons (Fsp3) is 0.583. The average molecular weight is 302 g/mol. The van der Waals surface area contributed by atoms with Crippen LogP contribution >= 0.6 is 11.3 Å². The molecule has 5 nitrogen and oxygen atoms in total. The first-order valence-electron chi connectivity index (χ1n) is 6.25. The summed E-state index contributed by atoms with van der Waals surface area (Å²) in [5.74, 6) is 0.696. The highest BCUT2D eigenvalue weighted by Crippen LogP contribution is 2.33. The van der Waals surface area contributed by atoms with Gasteiger partial charge in [0, 0.05) is 10.9 Å². The topological polar surface area (TPSA) is 89.3 Å². The van der Waals surface area contributed by atoms with Crippen LogP contribution in [0.2, 0.25) is 0 Å². The highest BCUT2D eigenvalue weighted by Gasteiger charge is 2.24. The molecule has 0 aromatic carbocycles. The molecular formula is C12H18N2O3S2. The van der Waals surface area contributed by atoms with E-state index < -0.39 is 10.0 Å². The summed E-state index contributed by atoms with van der Waals surface area (Å²) in [6.45, 7) is 2.00. The summed E-state index contributed by atoms with van der Waals surface area (Å²) in [4.78, 5) is 12.5. The van der Waals surface area contributed by atoms with Gasteiger partial charge in [-0.25, -0.2) is 13.6 Å². The van der Waals surface area contributed by atoms with Crippen molar-refractivity contribution in [2.75, 3.05) is 0 Å². The maximum absolute atomic E-state index is 11.8. The zero-order valence-electron chi connectivity index (χ0n) is 10.8. The molecule has 1 unspecified atom stereocenters. The maximum atomic E-state index is 11.8. The number of nitrogens with two attached hydrogens (primary N) is 1. The molecule has 19 heavy (non-hydrogen) atoms. The number of sulfonamides is 1. The molecule has 1 saturated carbocycles. The van der Waals surface area contributed by atoms with Crippen molar-refractivity contribution in [1.29, 1.82) is 0 Å². The Kier molecular flexibility index (Phi) is 4.27. The molecule has 1 amide bonds. The van der Waals surface area contributed by atoms with Gasteiger partial charge in [-0.15, -0.1) is 11.3 Å². The minimum Gasteiger partial charge on any atom is -0.353 e. The van der Waals surface area contributed by atoms with Crippen LogP contribution in [0.5, 0.6) is 0 Å². The predicted molar refractivity (Wildman–Crippen MR) is 74.3 cm³/mol. The third-order valence-electron chi connectivity index (χ3n) is 3.04. The number of amides is 1. The molecule has 106 valence electrons. The smallest absolute Gasteiger partial charge is 0.247 e. The standard InChI is InChI=1S/C12H18N2O3S2/c1-8(6-9-2-3-9)14-11(15)7-10-4-5-12(18-10)19(13,16)17/h4-5,8-9H,2-3,6-7H2,1H3,(H,14,15)(H2,13,16,17). The zero-order valence-corrected chi connectivity index (χ0v) is 12.4. The molecule has 1 aromatic rings. The van der Waals surface area contributed by atoms with Crippen LogP contribution < -0.4 is 10.5 Å². The van der Waals surface area contributed by atoms with Gasteiger partial charge in [0.2, 0.25) is 15.9 Å². The van der Waals surface area contributed by atoms with Gasteiger partial charge < -0.3 is 5.32 Å². The van der Waals surface area contributed by atoms with Crippen molar-refractivity contribution >= 4 is 27.3 Å². The van der Waals surface area contributed by atoms with Gasteiger partial charge in [-0.2, -0.15) is 0 Å². The van der Waals surface area contributed by atoms with Crippen molar-refractivity contribution in [1.82, 2.24) is 5.32 Å². The summed E-state index contributed by atoms with van der Waals surface area (Å²) in [6, 6.07) is 3.25. The van der Waals surface area contributed by atoms with Gasteiger partial charge in [0.05, 0.1) is 6.42 Å². The number of hydrogen-bond donors (Lipinski definition) is 2. The van der Waals surface area contributed by atoms with Gasteiger partial charge in [0.25, 0.3) is 0 Å². The fourth-order valence-corrected chi connectivity index (χ4v) is 3.78. The van der Waals surface area contributed by atoms with Crippen LogP contribution in [0.25, 0.3) is 0 Å². The molecule has 0 bridgehead atoms. The Bertz CT molecular complexity index is 561. The molecule has 3 N–H and O–H groups in total. The Morgan fingerprint density at radius 1 is 1.53 bits per heavy atom. The molecule has 0 spiro atoms. The molecule has 0 aliphatic heterocycles. The van der Waals surface area contributed by atoms with Crippen molar-refractivity contribution in [2.24, 2.45) is 11.1 Å². The summed E-state index contributed by atoms with van der Waals surface area (Å²) in [5, 5.41) is 7.96. The van der Waals surface area contributed by atoms with E-state index in [1.807, 2.05) is 6.92 Å². The van der Waals surface area contributed by atoms with Crippen LogP contribution in [0.1, 0.15) is 31.1 Å². The second-order valence-corrected chi connectivity index (χ2v) is 8.05. The van der Waals surface area contributed by atoms with Crippen LogP contribution in [0.4, 0.5) is 0 Å². The second kappa shape index (κ2) is 5.60.